The van der Waals surface area contributed by atoms with Crippen LogP contribution in [0.25, 0.3) is 0 Å². The zero-order valence-electron chi connectivity index (χ0n) is 20.4. The van der Waals surface area contributed by atoms with Crippen molar-refractivity contribution in [3.63, 3.8) is 0 Å². The molecule has 1 aliphatic heterocycles. The summed E-state index contributed by atoms with van der Waals surface area (Å²) in [5.41, 5.74) is 2.81. The summed E-state index contributed by atoms with van der Waals surface area (Å²) in [5.74, 6) is 3.07. The molecule has 9 heteroatoms. The summed E-state index contributed by atoms with van der Waals surface area (Å²) in [6, 6.07) is 12.3. The minimum absolute atomic E-state index is 0.00304. The van der Waals surface area contributed by atoms with Gasteiger partial charge in [0.1, 0.15) is 17.5 Å². The zero-order chi connectivity index (χ0) is 24.1. The van der Waals surface area contributed by atoms with Crippen LogP contribution in [0.4, 0.5) is 23.1 Å². The first-order chi connectivity index (χ1) is 16.4. The number of aromatic nitrogens is 4. The number of rotatable bonds is 8. The smallest absolute Gasteiger partial charge is 0.224 e. The van der Waals surface area contributed by atoms with Crippen LogP contribution in [0.5, 0.6) is 0 Å². The van der Waals surface area contributed by atoms with Gasteiger partial charge in [0.2, 0.25) is 5.91 Å². The van der Waals surface area contributed by atoms with Crippen LogP contribution in [-0.4, -0.2) is 63.2 Å². The van der Waals surface area contributed by atoms with Crippen molar-refractivity contribution in [2.24, 2.45) is 0 Å². The number of H-pyrrole nitrogens is 1. The van der Waals surface area contributed by atoms with Gasteiger partial charge in [-0.2, -0.15) is 5.10 Å². The van der Waals surface area contributed by atoms with E-state index < -0.39 is 0 Å². The van der Waals surface area contributed by atoms with Crippen LogP contribution in [0.1, 0.15) is 44.3 Å². The standard InChI is InChI=1S/C25H34N8O/c1-5-25(34)26-20-8-6-7-19(14-20)15-21-27-22(28-23-13-18(4)30-31-23)16-24(29-21)33-11-9-32(10-12-33)17(2)3/h6-8,13-14,16-17H,5,9-12,15H2,1-4H3,(H,26,34)(H2,27,28,29,30,31). The van der Waals surface area contributed by atoms with Gasteiger partial charge in [-0.05, 0) is 38.5 Å². The van der Waals surface area contributed by atoms with E-state index in [-0.39, 0.29) is 5.91 Å². The third-order valence-corrected chi connectivity index (χ3v) is 5.98. The first-order valence-corrected chi connectivity index (χ1v) is 11.9. The molecule has 0 saturated carbocycles. The van der Waals surface area contributed by atoms with Gasteiger partial charge in [-0.3, -0.25) is 14.8 Å². The number of nitrogens with zero attached hydrogens (tertiary/aromatic N) is 5. The Labute approximate surface area is 201 Å². The van der Waals surface area contributed by atoms with Crippen molar-refractivity contribution in [2.75, 3.05) is 41.7 Å². The average molecular weight is 463 g/mol. The molecule has 3 aromatic rings. The Morgan fingerprint density at radius 2 is 1.88 bits per heavy atom. The SMILES string of the molecule is CCC(=O)Nc1cccc(Cc2nc(Nc3cc(C)[nH]n3)cc(N3CCN(C(C)C)CC3)n2)c1. The third-order valence-electron chi connectivity index (χ3n) is 5.98. The lowest BCUT2D eigenvalue weighted by Gasteiger charge is -2.37. The zero-order valence-corrected chi connectivity index (χ0v) is 20.4. The lowest BCUT2D eigenvalue weighted by molar-refractivity contribution is -0.115. The van der Waals surface area contributed by atoms with E-state index in [4.69, 9.17) is 9.97 Å². The molecule has 4 rings (SSSR count). The number of amides is 1. The molecule has 0 spiro atoms. The van der Waals surface area contributed by atoms with Gasteiger partial charge in [0, 0.05) is 68.6 Å². The minimum Gasteiger partial charge on any atom is -0.354 e. The summed E-state index contributed by atoms with van der Waals surface area (Å²) in [6.45, 7) is 12.2. The van der Waals surface area contributed by atoms with E-state index in [9.17, 15) is 4.79 Å². The van der Waals surface area contributed by atoms with Crippen molar-refractivity contribution < 1.29 is 4.79 Å². The van der Waals surface area contributed by atoms with Crippen LogP contribution in [0.3, 0.4) is 0 Å². The Hall–Kier alpha value is -3.46. The first-order valence-electron chi connectivity index (χ1n) is 11.9. The lowest BCUT2D eigenvalue weighted by Crippen LogP contribution is -2.49. The number of aromatic amines is 1. The Bertz CT molecular complexity index is 1120. The van der Waals surface area contributed by atoms with E-state index in [0.717, 1.165) is 60.6 Å². The molecule has 3 N–H and O–H groups in total. The molecule has 1 saturated heterocycles. The highest BCUT2D eigenvalue weighted by Crippen LogP contribution is 2.23. The number of anilines is 4. The van der Waals surface area contributed by atoms with E-state index in [2.05, 4.69) is 44.5 Å². The monoisotopic (exact) mass is 462 g/mol. The molecule has 1 aromatic carbocycles. The van der Waals surface area contributed by atoms with Crippen molar-refractivity contribution >= 4 is 29.0 Å². The summed E-state index contributed by atoms with van der Waals surface area (Å²) in [5, 5.41) is 13.5. The maximum atomic E-state index is 11.8. The van der Waals surface area contributed by atoms with Crippen LogP contribution < -0.4 is 15.5 Å². The minimum atomic E-state index is -0.00304. The number of piperazine rings is 1. The molecular weight excluding hydrogens is 428 g/mol. The second-order valence-electron chi connectivity index (χ2n) is 8.98. The molecule has 1 amide bonds. The van der Waals surface area contributed by atoms with Gasteiger partial charge < -0.3 is 15.5 Å². The van der Waals surface area contributed by atoms with Crippen LogP contribution in [0.15, 0.2) is 36.4 Å². The van der Waals surface area contributed by atoms with Crippen molar-refractivity contribution in [3.8, 4) is 0 Å². The highest BCUT2D eigenvalue weighted by atomic mass is 16.1. The molecule has 180 valence electrons. The Kier molecular flexibility index (Phi) is 7.42. The first kappa shape index (κ1) is 23.7. The molecule has 0 unspecified atom stereocenters. The fourth-order valence-corrected chi connectivity index (χ4v) is 4.06. The van der Waals surface area contributed by atoms with Gasteiger partial charge in [0.25, 0.3) is 0 Å². The topological polar surface area (TPSA) is 102 Å². The molecule has 0 radical (unpaired) electrons. The van der Waals surface area contributed by atoms with E-state index >= 15 is 0 Å². The highest BCUT2D eigenvalue weighted by molar-refractivity contribution is 5.90. The predicted molar refractivity (Wildman–Crippen MR) is 136 cm³/mol. The van der Waals surface area contributed by atoms with Crippen LogP contribution >= 0.6 is 0 Å². The largest absolute Gasteiger partial charge is 0.354 e. The molecule has 2 aromatic heterocycles. The molecule has 3 heterocycles. The fraction of sp³-hybridized carbons (Fsp3) is 0.440. The second kappa shape index (κ2) is 10.6. The van der Waals surface area contributed by atoms with Gasteiger partial charge in [0.15, 0.2) is 5.82 Å². The van der Waals surface area contributed by atoms with Crippen molar-refractivity contribution in [3.05, 3.63) is 53.5 Å². The normalized spacial score (nSPS) is 14.4. The molecule has 9 nitrogen and oxygen atoms in total. The lowest BCUT2D eigenvalue weighted by atomic mass is 10.1. The Balaban J connectivity index is 1.58. The maximum Gasteiger partial charge on any atom is 0.224 e. The number of benzene rings is 1. The number of hydrogen-bond acceptors (Lipinski definition) is 7. The fourth-order valence-electron chi connectivity index (χ4n) is 4.06. The third kappa shape index (κ3) is 6.11. The van der Waals surface area contributed by atoms with Gasteiger partial charge in [-0.15, -0.1) is 0 Å². The number of hydrogen-bond donors (Lipinski definition) is 3. The maximum absolute atomic E-state index is 11.8. The van der Waals surface area contributed by atoms with Crippen LogP contribution in [0, 0.1) is 6.92 Å². The summed E-state index contributed by atoms with van der Waals surface area (Å²) in [4.78, 5) is 26.3. The van der Waals surface area contributed by atoms with Gasteiger partial charge >= 0.3 is 0 Å². The predicted octanol–water partition coefficient (Wildman–Crippen LogP) is 3.72. The highest BCUT2D eigenvalue weighted by Gasteiger charge is 2.21. The van der Waals surface area contributed by atoms with Crippen LogP contribution in [0.2, 0.25) is 0 Å². The van der Waals surface area contributed by atoms with Crippen LogP contribution in [-0.2, 0) is 11.2 Å². The van der Waals surface area contributed by atoms with Gasteiger partial charge in [0.05, 0.1) is 0 Å². The van der Waals surface area contributed by atoms with Crippen molar-refractivity contribution in [2.45, 2.75) is 46.6 Å². The second-order valence-corrected chi connectivity index (χ2v) is 8.98. The number of nitrogens with one attached hydrogen (secondary N) is 3. The van der Waals surface area contributed by atoms with Crippen molar-refractivity contribution in [1.29, 1.82) is 0 Å². The molecule has 0 aliphatic carbocycles. The molecule has 34 heavy (non-hydrogen) atoms. The Morgan fingerprint density at radius 1 is 1.09 bits per heavy atom. The van der Waals surface area contributed by atoms with E-state index in [1.165, 1.54) is 0 Å². The molecule has 1 fully saturated rings. The summed E-state index contributed by atoms with van der Waals surface area (Å²) >= 11 is 0. The number of carbonyl (C=O) groups excluding carboxylic acids is 1. The molecule has 0 bridgehead atoms. The summed E-state index contributed by atoms with van der Waals surface area (Å²) in [7, 11) is 0. The average Bonchev–Trinajstić information content (AvgIpc) is 3.23. The Morgan fingerprint density at radius 3 is 2.56 bits per heavy atom. The number of aryl methyl sites for hydroxylation is 1. The summed E-state index contributed by atoms with van der Waals surface area (Å²) in [6.07, 6.45) is 1.01. The molecular formula is C25H34N8O. The van der Waals surface area contributed by atoms with E-state index in [1.807, 2.05) is 50.2 Å². The van der Waals surface area contributed by atoms with E-state index in [1.54, 1.807) is 0 Å². The van der Waals surface area contributed by atoms with Crippen molar-refractivity contribution in [1.82, 2.24) is 25.1 Å². The summed E-state index contributed by atoms with van der Waals surface area (Å²) < 4.78 is 0. The quantitative estimate of drug-likeness (QED) is 0.469. The van der Waals surface area contributed by atoms with Gasteiger partial charge in [-0.1, -0.05) is 19.1 Å². The molecule has 1 aliphatic rings. The van der Waals surface area contributed by atoms with Gasteiger partial charge in [-0.25, -0.2) is 9.97 Å². The van der Waals surface area contributed by atoms with E-state index in [0.29, 0.717) is 24.7 Å². The molecule has 0 atom stereocenters. The number of carbonyl (C=O) groups is 1.